The second kappa shape index (κ2) is 5.08. The number of nitrogens with zero attached hydrogens (tertiary/aromatic N) is 1. The van der Waals surface area contributed by atoms with Crippen LogP contribution in [0, 0.1) is 0 Å². The molecule has 1 heterocycles. The Morgan fingerprint density at radius 3 is 3.07 bits per heavy atom. The Hall–Kier alpha value is -1.15. The number of rotatable bonds is 3. The standard InChI is InChI=1S/C13H18N2/c1-11(13-9-5-6-10-14-13)15-12-7-3-2-4-8-12/h3,5-7,9-12,15H,2,4,8H2,1H3/t11-,12?/m0/s1. The van der Waals surface area contributed by atoms with Crippen LogP contribution >= 0.6 is 0 Å². The zero-order valence-corrected chi connectivity index (χ0v) is 9.19. The maximum absolute atomic E-state index is 4.36. The van der Waals surface area contributed by atoms with Crippen LogP contribution in [0.5, 0.6) is 0 Å². The zero-order chi connectivity index (χ0) is 10.5. The average molecular weight is 202 g/mol. The van der Waals surface area contributed by atoms with Gasteiger partial charge in [0.1, 0.15) is 0 Å². The molecule has 0 aromatic carbocycles. The first-order valence-corrected chi connectivity index (χ1v) is 5.70. The molecular formula is C13H18N2. The van der Waals surface area contributed by atoms with E-state index in [1.165, 1.54) is 19.3 Å². The van der Waals surface area contributed by atoms with Crippen molar-refractivity contribution in [3.8, 4) is 0 Å². The molecule has 0 spiro atoms. The molecule has 0 aliphatic heterocycles. The van der Waals surface area contributed by atoms with E-state index in [4.69, 9.17) is 0 Å². The van der Waals surface area contributed by atoms with Gasteiger partial charge in [0.15, 0.2) is 0 Å². The summed E-state index contributed by atoms with van der Waals surface area (Å²) in [6.07, 6.45) is 10.2. The molecule has 1 aliphatic carbocycles. The fourth-order valence-corrected chi connectivity index (χ4v) is 1.99. The molecule has 0 bridgehead atoms. The third-order valence-electron chi connectivity index (χ3n) is 2.85. The van der Waals surface area contributed by atoms with Crippen molar-refractivity contribution in [3.63, 3.8) is 0 Å². The Balaban J connectivity index is 1.94. The Kier molecular flexibility index (Phi) is 3.51. The van der Waals surface area contributed by atoms with E-state index in [9.17, 15) is 0 Å². The Bertz CT molecular complexity index is 319. The molecule has 2 atom stereocenters. The fourth-order valence-electron chi connectivity index (χ4n) is 1.99. The second-order valence-electron chi connectivity index (χ2n) is 4.11. The molecule has 1 N–H and O–H groups in total. The maximum atomic E-state index is 4.36. The minimum atomic E-state index is 0.332. The number of pyridine rings is 1. The highest BCUT2D eigenvalue weighted by molar-refractivity contribution is 5.09. The summed E-state index contributed by atoms with van der Waals surface area (Å²) in [7, 11) is 0. The van der Waals surface area contributed by atoms with Crippen molar-refractivity contribution in [3.05, 3.63) is 42.2 Å². The predicted octanol–water partition coefficient (Wildman–Crippen LogP) is 2.84. The molecule has 0 saturated heterocycles. The number of hydrogen-bond donors (Lipinski definition) is 1. The van der Waals surface area contributed by atoms with Crippen LogP contribution in [0.3, 0.4) is 0 Å². The van der Waals surface area contributed by atoms with Crippen LogP contribution in [0.1, 0.15) is 37.9 Å². The van der Waals surface area contributed by atoms with Gasteiger partial charge in [-0.25, -0.2) is 0 Å². The quantitative estimate of drug-likeness (QED) is 0.762. The molecule has 1 aromatic rings. The Morgan fingerprint density at radius 1 is 1.47 bits per heavy atom. The lowest BCUT2D eigenvalue weighted by atomic mass is 10.0. The van der Waals surface area contributed by atoms with Crippen LogP contribution in [0.4, 0.5) is 0 Å². The summed E-state index contributed by atoms with van der Waals surface area (Å²) in [5, 5.41) is 3.59. The van der Waals surface area contributed by atoms with Gasteiger partial charge in [-0.2, -0.15) is 0 Å². The monoisotopic (exact) mass is 202 g/mol. The molecule has 1 aromatic heterocycles. The van der Waals surface area contributed by atoms with Gasteiger partial charge in [0.25, 0.3) is 0 Å². The van der Waals surface area contributed by atoms with Crippen molar-refractivity contribution in [2.45, 2.75) is 38.3 Å². The van der Waals surface area contributed by atoms with E-state index in [1.54, 1.807) is 0 Å². The minimum Gasteiger partial charge on any atom is -0.303 e. The molecule has 80 valence electrons. The molecule has 2 rings (SSSR count). The van der Waals surface area contributed by atoms with E-state index >= 15 is 0 Å². The van der Waals surface area contributed by atoms with Gasteiger partial charge >= 0.3 is 0 Å². The minimum absolute atomic E-state index is 0.332. The van der Waals surface area contributed by atoms with Gasteiger partial charge in [0.05, 0.1) is 5.69 Å². The number of allylic oxidation sites excluding steroid dienone is 1. The molecular weight excluding hydrogens is 184 g/mol. The van der Waals surface area contributed by atoms with E-state index in [2.05, 4.69) is 35.4 Å². The van der Waals surface area contributed by atoms with Crippen molar-refractivity contribution < 1.29 is 0 Å². The SMILES string of the molecule is C[C@H](NC1C=CCCC1)c1ccccn1. The topological polar surface area (TPSA) is 24.9 Å². The maximum Gasteiger partial charge on any atom is 0.0570 e. The lowest BCUT2D eigenvalue weighted by Crippen LogP contribution is -2.31. The largest absolute Gasteiger partial charge is 0.303 e. The number of hydrogen-bond acceptors (Lipinski definition) is 2. The van der Waals surface area contributed by atoms with Gasteiger partial charge in [-0.3, -0.25) is 4.98 Å². The summed E-state index contributed by atoms with van der Waals surface area (Å²) in [6, 6.07) is 6.92. The van der Waals surface area contributed by atoms with E-state index in [0.29, 0.717) is 12.1 Å². The molecule has 0 amide bonds. The van der Waals surface area contributed by atoms with Gasteiger partial charge in [0.2, 0.25) is 0 Å². The van der Waals surface area contributed by atoms with Gasteiger partial charge in [-0.05, 0) is 38.3 Å². The third-order valence-corrected chi connectivity index (χ3v) is 2.85. The third kappa shape index (κ3) is 2.90. The summed E-state index contributed by atoms with van der Waals surface area (Å²) < 4.78 is 0. The average Bonchev–Trinajstić information content (AvgIpc) is 2.31. The van der Waals surface area contributed by atoms with Crippen molar-refractivity contribution in [1.82, 2.24) is 10.3 Å². The predicted molar refractivity (Wildman–Crippen MR) is 62.6 cm³/mol. The van der Waals surface area contributed by atoms with Gasteiger partial charge in [-0.1, -0.05) is 18.2 Å². The molecule has 15 heavy (non-hydrogen) atoms. The van der Waals surface area contributed by atoms with E-state index < -0.39 is 0 Å². The summed E-state index contributed by atoms with van der Waals surface area (Å²) >= 11 is 0. The van der Waals surface area contributed by atoms with Crippen LogP contribution in [0.25, 0.3) is 0 Å². The van der Waals surface area contributed by atoms with Gasteiger partial charge < -0.3 is 5.32 Å². The molecule has 1 aliphatic rings. The fraction of sp³-hybridized carbons (Fsp3) is 0.462. The molecule has 0 saturated carbocycles. The molecule has 0 radical (unpaired) electrons. The van der Waals surface area contributed by atoms with Crippen LogP contribution < -0.4 is 5.32 Å². The summed E-state index contributed by atoms with van der Waals surface area (Å²) in [5.41, 5.74) is 1.12. The van der Waals surface area contributed by atoms with Crippen LogP contribution in [0.15, 0.2) is 36.5 Å². The summed E-state index contributed by atoms with van der Waals surface area (Å²) in [5.74, 6) is 0. The molecule has 1 unspecified atom stereocenters. The van der Waals surface area contributed by atoms with Crippen molar-refractivity contribution in [1.29, 1.82) is 0 Å². The molecule has 0 fully saturated rings. The van der Waals surface area contributed by atoms with Crippen molar-refractivity contribution in [2.75, 3.05) is 0 Å². The van der Waals surface area contributed by atoms with Crippen LogP contribution in [-0.2, 0) is 0 Å². The number of nitrogens with one attached hydrogen (secondary N) is 1. The normalized spacial score (nSPS) is 22.6. The molecule has 2 heteroatoms. The first-order valence-electron chi connectivity index (χ1n) is 5.70. The zero-order valence-electron chi connectivity index (χ0n) is 9.19. The summed E-state index contributed by atoms with van der Waals surface area (Å²) in [6.45, 7) is 2.17. The van der Waals surface area contributed by atoms with Crippen molar-refractivity contribution in [2.24, 2.45) is 0 Å². The lowest BCUT2D eigenvalue weighted by molar-refractivity contribution is 0.461. The smallest absolute Gasteiger partial charge is 0.0570 e. The van der Waals surface area contributed by atoms with E-state index in [1.807, 2.05) is 18.3 Å². The molecule has 2 nitrogen and oxygen atoms in total. The van der Waals surface area contributed by atoms with E-state index in [-0.39, 0.29) is 0 Å². The van der Waals surface area contributed by atoms with E-state index in [0.717, 1.165) is 5.69 Å². The van der Waals surface area contributed by atoms with Crippen LogP contribution in [0.2, 0.25) is 0 Å². The first kappa shape index (κ1) is 10.4. The second-order valence-corrected chi connectivity index (χ2v) is 4.11. The number of aromatic nitrogens is 1. The Morgan fingerprint density at radius 2 is 2.40 bits per heavy atom. The lowest BCUT2D eigenvalue weighted by Gasteiger charge is -2.22. The summed E-state index contributed by atoms with van der Waals surface area (Å²) in [4.78, 5) is 4.36. The first-order chi connectivity index (χ1) is 7.36. The van der Waals surface area contributed by atoms with Crippen LogP contribution in [-0.4, -0.2) is 11.0 Å². The van der Waals surface area contributed by atoms with Gasteiger partial charge in [0, 0.05) is 18.3 Å². The highest BCUT2D eigenvalue weighted by Gasteiger charge is 2.12. The highest BCUT2D eigenvalue weighted by Crippen LogP contribution is 2.15. The van der Waals surface area contributed by atoms with Gasteiger partial charge in [-0.15, -0.1) is 0 Å². The Labute approximate surface area is 91.4 Å². The van der Waals surface area contributed by atoms with Crippen molar-refractivity contribution >= 4 is 0 Å². The highest BCUT2D eigenvalue weighted by atomic mass is 15.0.